The van der Waals surface area contributed by atoms with Crippen LogP contribution in [0.5, 0.6) is 11.5 Å². The highest BCUT2D eigenvalue weighted by Crippen LogP contribution is 2.21. The second-order valence-corrected chi connectivity index (χ2v) is 6.70. The maximum atomic E-state index is 9.58. The van der Waals surface area contributed by atoms with Crippen LogP contribution in [0.3, 0.4) is 0 Å². The number of benzene rings is 2. The number of hydrogen-bond acceptors (Lipinski definition) is 4. The van der Waals surface area contributed by atoms with Crippen molar-refractivity contribution in [3.05, 3.63) is 59.2 Å². The monoisotopic (exact) mass is 399 g/mol. The second kappa shape index (κ2) is 12.7. The molecule has 0 aromatic heterocycles. The summed E-state index contributed by atoms with van der Waals surface area (Å²) in [6, 6.07) is 13.5. The van der Waals surface area contributed by atoms with Crippen LogP contribution in [-0.2, 0) is 17.7 Å². The van der Waals surface area contributed by atoms with Crippen molar-refractivity contribution in [3.63, 3.8) is 0 Å². The van der Waals surface area contributed by atoms with Gasteiger partial charge in [-0.3, -0.25) is 0 Å². The van der Waals surface area contributed by atoms with Gasteiger partial charge in [-0.1, -0.05) is 24.3 Å². The number of phenolic OH excluding ortho intramolecular Hbond substituents is 1. The number of aromatic hydroxyl groups is 1. The molecule has 0 heterocycles. The Morgan fingerprint density at radius 3 is 2.69 bits per heavy atom. The predicted molar refractivity (Wildman–Crippen MR) is 118 cm³/mol. The van der Waals surface area contributed by atoms with Crippen LogP contribution in [0.4, 0.5) is 0 Å². The Morgan fingerprint density at radius 1 is 1.07 bits per heavy atom. The van der Waals surface area contributed by atoms with Crippen molar-refractivity contribution in [1.82, 2.24) is 10.6 Å². The SMILES string of the molecule is CCNC(=NCc1ccc(C)cc1OCCOCC)NCCc1cccc(O)c1. The van der Waals surface area contributed by atoms with E-state index in [9.17, 15) is 5.11 Å². The Bertz CT molecular complexity index is 778. The Hall–Kier alpha value is -2.73. The normalized spacial score (nSPS) is 11.3. The van der Waals surface area contributed by atoms with E-state index in [1.807, 2.05) is 32.0 Å². The summed E-state index contributed by atoms with van der Waals surface area (Å²) in [5.74, 6) is 1.90. The lowest BCUT2D eigenvalue weighted by molar-refractivity contribution is 0.110. The molecule has 0 saturated carbocycles. The second-order valence-electron chi connectivity index (χ2n) is 6.70. The van der Waals surface area contributed by atoms with Crippen molar-refractivity contribution in [1.29, 1.82) is 0 Å². The van der Waals surface area contributed by atoms with Gasteiger partial charge in [0.25, 0.3) is 0 Å². The number of ether oxygens (including phenoxy) is 2. The summed E-state index contributed by atoms with van der Waals surface area (Å²) in [4.78, 5) is 4.70. The van der Waals surface area contributed by atoms with Gasteiger partial charge in [0, 0.05) is 25.3 Å². The van der Waals surface area contributed by atoms with E-state index in [2.05, 4.69) is 29.7 Å². The Morgan fingerprint density at radius 2 is 1.93 bits per heavy atom. The smallest absolute Gasteiger partial charge is 0.191 e. The fourth-order valence-electron chi connectivity index (χ4n) is 2.82. The number of guanidine groups is 1. The third-order valence-corrected chi connectivity index (χ3v) is 4.28. The van der Waals surface area contributed by atoms with Crippen molar-refractivity contribution in [2.45, 2.75) is 33.7 Å². The van der Waals surface area contributed by atoms with Crippen molar-refractivity contribution in [3.8, 4) is 11.5 Å². The van der Waals surface area contributed by atoms with Crippen molar-refractivity contribution in [2.75, 3.05) is 32.9 Å². The van der Waals surface area contributed by atoms with Crippen LogP contribution in [0.2, 0.25) is 0 Å². The molecule has 0 amide bonds. The average molecular weight is 400 g/mol. The van der Waals surface area contributed by atoms with Gasteiger partial charge >= 0.3 is 0 Å². The number of nitrogens with one attached hydrogen (secondary N) is 2. The standard InChI is InChI=1S/C23H33N3O3/c1-4-24-23(25-12-11-19-7-6-8-21(27)16-19)26-17-20-10-9-18(3)15-22(20)29-14-13-28-5-2/h6-10,15-16,27H,4-5,11-14,17H2,1-3H3,(H2,24,25,26). The molecule has 0 bridgehead atoms. The largest absolute Gasteiger partial charge is 0.508 e. The summed E-state index contributed by atoms with van der Waals surface area (Å²) < 4.78 is 11.3. The summed E-state index contributed by atoms with van der Waals surface area (Å²) in [5, 5.41) is 16.2. The Balaban J connectivity index is 1.96. The van der Waals surface area contributed by atoms with Crippen LogP contribution in [0.1, 0.15) is 30.5 Å². The first kappa shape index (κ1) is 22.6. The van der Waals surface area contributed by atoms with Gasteiger partial charge in [0.1, 0.15) is 18.1 Å². The molecule has 6 nitrogen and oxygen atoms in total. The molecule has 2 rings (SSSR count). The van der Waals surface area contributed by atoms with Crippen molar-refractivity contribution in [2.24, 2.45) is 4.99 Å². The van der Waals surface area contributed by atoms with E-state index in [0.717, 1.165) is 47.9 Å². The topological polar surface area (TPSA) is 75.1 Å². The van der Waals surface area contributed by atoms with E-state index >= 15 is 0 Å². The minimum atomic E-state index is 0.291. The first-order valence-corrected chi connectivity index (χ1v) is 10.2. The van der Waals surface area contributed by atoms with E-state index in [4.69, 9.17) is 14.5 Å². The minimum absolute atomic E-state index is 0.291. The maximum absolute atomic E-state index is 9.58. The predicted octanol–water partition coefficient (Wildman–Crippen LogP) is 3.41. The first-order valence-electron chi connectivity index (χ1n) is 10.2. The van der Waals surface area contributed by atoms with Crippen molar-refractivity contribution >= 4 is 5.96 Å². The zero-order chi connectivity index (χ0) is 20.9. The van der Waals surface area contributed by atoms with E-state index in [-0.39, 0.29) is 0 Å². The lowest BCUT2D eigenvalue weighted by Crippen LogP contribution is -2.38. The third kappa shape index (κ3) is 8.44. The average Bonchev–Trinajstić information content (AvgIpc) is 2.70. The number of nitrogens with zero attached hydrogens (tertiary/aromatic N) is 1. The molecule has 0 aliphatic rings. The Kier molecular flexibility index (Phi) is 9.86. The zero-order valence-corrected chi connectivity index (χ0v) is 17.7. The highest BCUT2D eigenvalue weighted by Gasteiger charge is 2.06. The van der Waals surface area contributed by atoms with Gasteiger partial charge in [0.2, 0.25) is 0 Å². The van der Waals surface area contributed by atoms with Crippen LogP contribution >= 0.6 is 0 Å². The quantitative estimate of drug-likeness (QED) is 0.307. The summed E-state index contributed by atoms with van der Waals surface area (Å²) >= 11 is 0. The fraction of sp³-hybridized carbons (Fsp3) is 0.435. The van der Waals surface area contributed by atoms with Gasteiger partial charge in [-0.2, -0.15) is 0 Å². The van der Waals surface area contributed by atoms with E-state index in [0.29, 0.717) is 32.1 Å². The Labute approximate surface area is 174 Å². The van der Waals surface area contributed by atoms with Crippen molar-refractivity contribution < 1.29 is 14.6 Å². The lowest BCUT2D eigenvalue weighted by Gasteiger charge is -2.14. The van der Waals surface area contributed by atoms with Crippen LogP contribution in [-0.4, -0.2) is 44.0 Å². The lowest BCUT2D eigenvalue weighted by atomic mass is 10.1. The molecular formula is C23H33N3O3. The van der Waals surface area contributed by atoms with Gasteiger partial charge in [0.15, 0.2) is 5.96 Å². The molecule has 0 fully saturated rings. The molecule has 2 aromatic rings. The summed E-state index contributed by atoms with van der Waals surface area (Å²) in [7, 11) is 0. The molecule has 0 radical (unpaired) electrons. The molecule has 0 atom stereocenters. The molecule has 158 valence electrons. The highest BCUT2D eigenvalue weighted by molar-refractivity contribution is 5.79. The molecule has 0 spiro atoms. The number of rotatable bonds is 11. The molecule has 2 aromatic carbocycles. The molecule has 0 aliphatic heterocycles. The molecule has 3 N–H and O–H groups in total. The first-order chi connectivity index (χ1) is 14.1. The number of phenols is 1. The molecule has 29 heavy (non-hydrogen) atoms. The number of hydrogen-bond donors (Lipinski definition) is 3. The fourth-order valence-corrected chi connectivity index (χ4v) is 2.82. The highest BCUT2D eigenvalue weighted by atomic mass is 16.5. The number of aliphatic imine (C=N–C) groups is 1. The molecule has 6 heteroatoms. The molecule has 0 aliphatic carbocycles. The van der Waals surface area contributed by atoms with Gasteiger partial charge in [-0.25, -0.2) is 4.99 Å². The summed E-state index contributed by atoms with van der Waals surface area (Å²) in [6.45, 7) is 9.88. The van der Waals surface area contributed by atoms with Crippen LogP contribution < -0.4 is 15.4 Å². The maximum Gasteiger partial charge on any atom is 0.191 e. The van der Waals surface area contributed by atoms with Crippen LogP contribution in [0.15, 0.2) is 47.5 Å². The van der Waals surface area contributed by atoms with Gasteiger partial charge in [-0.05, 0) is 56.5 Å². The molecule has 0 saturated heterocycles. The summed E-state index contributed by atoms with van der Waals surface area (Å²) in [6.07, 6.45) is 0.801. The van der Waals surface area contributed by atoms with Crippen LogP contribution in [0, 0.1) is 6.92 Å². The van der Waals surface area contributed by atoms with E-state index in [1.165, 1.54) is 0 Å². The molecular weight excluding hydrogens is 366 g/mol. The molecule has 0 unspecified atom stereocenters. The number of aryl methyl sites for hydroxylation is 1. The van der Waals surface area contributed by atoms with Gasteiger partial charge < -0.3 is 25.2 Å². The van der Waals surface area contributed by atoms with Gasteiger partial charge in [-0.15, -0.1) is 0 Å². The summed E-state index contributed by atoms with van der Waals surface area (Å²) in [5.41, 5.74) is 3.27. The van der Waals surface area contributed by atoms with E-state index in [1.54, 1.807) is 12.1 Å². The van der Waals surface area contributed by atoms with Crippen LogP contribution in [0.25, 0.3) is 0 Å². The zero-order valence-electron chi connectivity index (χ0n) is 17.7. The van der Waals surface area contributed by atoms with Gasteiger partial charge in [0.05, 0.1) is 13.2 Å². The minimum Gasteiger partial charge on any atom is -0.508 e. The van der Waals surface area contributed by atoms with E-state index < -0.39 is 0 Å². The third-order valence-electron chi connectivity index (χ3n) is 4.28.